The van der Waals surface area contributed by atoms with E-state index in [9.17, 15) is 18.4 Å². The number of hydroxylamine groups is 2. The number of alkyl halides is 3. The van der Waals surface area contributed by atoms with E-state index in [1.54, 1.807) is 13.8 Å². The van der Waals surface area contributed by atoms with E-state index >= 15 is 0 Å². The molecule has 22 heavy (non-hydrogen) atoms. The Morgan fingerprint density at radius 3 is 2.45 bits per heavy atom. The SMILES string of the molecule is CCON(O)Cc1sc(-c2ccc(C(F)(F)F)cc2)nc1C. The van der Waals surface area contributed by atoms with Crippen LogP contribution in [-0.2, 0) is 17.6 Å². The van der Waals surface area contributed by atoms with Crippen molar-refractivity contribution >= 4 is 11.3 Å². The van der Waals surface area contributed by atoms with Crippen LogP contribution in [0.25, 0.3) is 10.6 Å². The number of rotatable bonds is 5. The first-order valence-electron chi connectivity index (χ1n) is 6.54. The minimum atomic E-state index is -4.35. The van der Waals surface area contributed by atoms with Gasteiger partial charge in [-0.1, -0.05) is 17.4 Å². The van der Waals surface area contributed by atoms with Gasteiger partial charge in [0.25, 0.3) is 0 Å². The fourth-order valence-corrected chi connectivity index (χ4v) is 2.86. The zero-order valence-electron chi connectivity index (χ0n) is 12.0. The van der Waals surface area contributed by atoms with Gasteiger partial charge < -0.3 is 0 Å². The highest BCUT2D eigenvalue weighted by molar-refractivity contribution is 7.15. The highest BCUT2D eigenvalue weighted by Gasteiger charge is 2.30. The normalized spacial score (nSPS) is 12.1. The molecule has 0 aliphatic rings. The molecule has 8 heteroatoms. The summed E-state index contributed by atoms with van der Waals surface area (Å²) in [5, 5.41) is 10.8. The number of aryl methyl sites for hydroxylation is 1. The molecule has 1 heterocycles. The Labute approximate surface area is 129 Å². The minimum Gasteiger partial charge on any atom is -0.289 e. The lowest BCUT2D eigenvalue weighted by Gasteiger charge is -2.11. The van der Waals surface area contributed by atoms with Crippen LogP contribution < -0.4 is 0 Å². The monoisotopic (exact) mass is 332 g/mol. The average molecular weight is 332 g/mol. The molecule has 4 nitrogen and oxygen atoms in total. The van der Waals surface area contributed by atoms with Gasteiger partial charge in [0.1, 0.15) is 5.01 Å². The van der Waals surface area contributed by atoms with Crippen molar-refractivity contribution in [3.63, 3.8) is 0 Å². The Kier molecular flexibility index (Phi) is 5.17. The number of halogens is 3. The molecule has 0 aliphatic heterocycles. The first-order chi connectivity index (χ1) is 10.3. The molecule has 0 radical (unpaired) electrons. The van der Waals surface area contributed by atoms with E-state index < -0.39 is 11.7 Å². The van der Waals surface area contributed by atoms with E-state index in [1.165, 1.54) is 23.5 Å². The predicted octanol–water partition coefficient (Wildman–Crippen LogP) is 4.28. The predicted molar refractivity (Wildman–Crippen MR) is 76.2 cm³/mol. The lowest BCUT2D eigenvalue weighted by molar-refractivity contribution is -0.345. The van der Waals surface area contributed by atoms with Crippen molar-refractivity contribution in [2.24, 2.45) is 0 Å². The van der Waals surface area contributed by atoms with Gasteiger partial charge in [-0.2, -0.15) is 13.2 Å². The van der Waals surface area contributed by atoms with E-state index in [2.05, 4.69) is 4.98 Å². The second kappa shape index (κ2) is 6.74. The zero-order valence-corrected chi connectivity index (χ0v) is 12.8. The van der Waals surface area contributed by atoms with Gasteiger partial charge >= 0.3 is 6.18 Å². The number of nitrogens with zero attached hydrogens (tertiary/aromatic N) is 2. The maximum Gasteiger partial charge on any atom is 0.416 e. The van der Waals surface area contributed by atoms with Gasteiger partial charge in [0.2, 0.25) is 0 Å². The molecule has 0 saturated heterocycles. The van der Waals surface area contributed by atoms with Crippen LogP contribution in [-0.4, -0.2) is 22.0 Å². The van der Waals surface area contributed by atoms with Crippen LogP contribution in [0.4, 0.5) is 13.2 Å². The van der Waals surface area contributed by atoms with Crippen molar-refractivity contribution in [1.29, 1.82) is 0 Å². The summed E-state index contributed by atoms with van der Waals surface area (Å²) in [6.07, 6.45) is -4.35. The molecule has 0 amide bonds. The van der Waals surface area contributed by atoms with E-state index in [4.69, 9.17) is 4.84 Å². The lowest BCUT2D eigenvalue weighted by atomic mass is 10.1. The van der Waals surface area contributed by atoms with E-state index in [0.717, 1.165) is 22.2 Å². The second-order valence-corrected chi connectivity index (χ2v) is 5.61. The number of benzene rings is 1. The van der Waals surface area contributed by atoms with Gasteiger partial charge in [-0.05, 0) is 26.0 Å². The third kappa shape index (κ3) is 4.04. The van der Waals surface area contributed by atoms with Crippen LogP contribution in [0, 0.1) is 6.92 Å². The number of hydrogen-bond donors (Lipinski definition) is 1. The summed E-state index contributed by atoms with van der Waals surface area (Å²) in [5.41, 5.74) is 0.620. The molecule has 0 unspecified atom stereocenters. The van der Waals surface area contributed by atoms with Gasteiger partial charge in [-0.15, -0.1) is 11.3 Å². The summed E-state index contributed by atoms with van der Waals surface area (Å²) in [4.78, 5) is 10.0. The molecule has 0 aliphatic carbocycles. The molecule has 2 rings (SSSR count). The molecule has 0 atom stereocenters. The number of thiazole rings is 1. The molecule has 120 valence electrons. The zero-order chi connectivity index (χ0) is 16.3. The smallest absolute Gasteiger partial charge is 0.289 e. The third-order valence-corrected chi connectivity index (χ3v) is 4.10. The molecule has 1 aromatic heterocycles. The van der Waals surface area contributed by atoms with Gasteiger partial charge in [-0.25, -0.2) is 4.98 Å². The van der Waals surface area contributed by atoms with Crippen LogP contribution in [0.2, 0.25) is 0 Å². The van der Waals surface area contributed by atoms with Crippen LogP contribution in [0.15, 0.2) is 24.3 Å². The Bertz CT molecular complexity index is 626. The molecule has 1 N–H and O–H groups in total. The first-order valence-corrected chi connectivity index (χ1v) is 7.36. The maximum atomic E-state index is 12.5. The summed E-state index contributed by atoms with van der Waals surface area (Å²) in [7, 11) is 0. The summed E-state index contributed by atoms with van der Waals surface area (Å²) in [6.45, 7) is 4.01. The van der Waals surface area contributed by atoms with Crippen molar-refractivity contribution in [2.45, 2.75) is 26.6 Å². The van der Waals surface area contributed by atoms with Crippen molar-refractivity contribution in [2.75, 3.05) is 6.61 Å². The first kappa shape index (κ1) is 16.9. The molecule has 0 bridgehead atoms. The Morgan fingerprint density at radius 2 is 1.91 bits per heavy atom. The summed E-state index contributed by atoms with van der Waals surface area (Å²) >= 11 is 1.31. The van der Waals surface area contributed by atoms with Crippen molar-refractivity contribution in [3.05, 3.63) is 40.4 Å². The lowest BCUT2D eigenvalue weighted by Crippen LogP contribution is -2.18. The Hall–Kier alpha value is -1.48. The molecule has 0 fully saturated rings. The van der Waals surface area contributed by atoms with E-state index in [-0.39, 0.29) is 6.54 Å². The molecular weight excluding hydrogens is 317 g/mol. The average Bonchev–Trinajstić information content (AvgIpc) is 2.79. The topological polar surface area (TPSA) is 45.6 Å². The van der Waals surface area contributed by atoms with Crippen molar-refractivity contribution in [1.82, 2.24) is 10.2 Å². The third-order valence-electron chi connectivity index (χ3n) is 2.91. The van der Waals surface area contributed by atoms with Crippen LogP contribution in [0.5, 0.6) is 0 Å². The van der Waals surface area contributed by atoms with Gasteiger partial charge in [0.15, 0.2) is 0 Å². The minimum absolute atomic E-state index is 0.151. The van der Waals surface area contributed by atoms with Gasteiger partial charge in [0.05, 0.1) is 24.4 Å². The quantitative estimate of drug-likeness (QED) is 0.830. The fraction of sp³-hybridized carbons (Fsp3) is 0.357. The summed E-state index contributed by atoms with van der Waals surface area (Å²) < 4.78 is 37.6. The summed E-state index contributed by atoms with van der Waals surface area (Å²) in [6, 6.07) is 4.85. The molecule has 2 aromatic rings. The van der Waals surface area contributed by atoms with Gasteiger partial charge in [0, 0.05) is 10.4 Å². The number of hydrogen-bond acceptors (Lipinski definition) is 5. The Balaban J connectivity index is 2.19. The standard InChI is InChI=1S/C14H15F3N2O2S/c1-3-21-19(20)8-12-9(2)18-13(22-12)10-4-6-11(7-5-10)14(15,16)17/h4-7,20H,3,8H2,1-2H3. The van der Waals surface area contributed by atoms with E-state index in [1.807, 2.05) is 0 Å². The Morgan fingerprint density at radius 1 is 1.27 bits per heavy atom. The molecule has 0 spiro atoms. The fourth-order valence-electron chi connectivity index (χ4n) is 1.82. The molecule has 1 aromatic carbocycles. The second-order valence-electron chi connectivity index (χ2n) is 4.53. The molecule has 0 saturated carbocycles. The van der Waals surface area contributed by atoms with Crippen molar-refractivity contribution in [3.8, 4) is 10.6 Å². The highest BCUT2D eigenvalue weighted by Crippen LogP contribution is 2.33. The van der Waals surface area contributed by atoms with Crippen LogP contribution in [0.1, 0.15) is 23.1 Å². The largest absolute Gasteiger partial charge is 0.416 e. The number of aromatic nitrogens is 1. The van der Waals surface area contributed by atoms with Crippen LogP contribution in [0.3, 0.4) is 0 Å². The molecular formula is C14H15F3N2O2S. The van der Waals surface area contributed by atoms with Gasteiger partial charge in [-0.3, -0.25) is 10.0 Å². The van der Waals surface area contributed by atoms with Crippen LogP contribution >= 0.6 is 11.3 Å². The van der Waals surface area contributed by atoms with E-state index in [0.29, 0.717) is 22.9 Å². The highest BCUT2D eigenvalue weighted by atomic mass is 32.1. The van der Waals surface area contributed by atoms with Crippen molar-refractivity contribution < 1.29 is 23.2 Å². The maximum absolute atomic E-state index is 12.5. The summed E-state index contributed by atoms with van der Waals surface area (Å²) in [5.74, 6) is 0.